The number of ether oxygens (including phenoxy) is 1. The molecule has 0 saturated carbocycles. The summed E-state index contributed by atoms with van der Waals surface area (Å²) in [6.45, 7) is 2.56. The first-order chi connectivity index (χ1) is 15.3. The molecular weight excluding hydrogens is 514 g/mol. The largest absolute Gasteiger partial charge is 0.492 e. The fraction of sp³-hybridized carbons (Fsp3) is 0.571. The number of nitrogens with zero attached hydrogens (tertiary/aromatic N) is 2. The quantitative estimate of drug-likeness (QED) is 0.369. The van der Waals surface area contributed by atoms with Crippen LogP contribution in [0.3, 0.4) is 0 Å². The van der Waals surface area contributed by atoms with E-state index in [4.69, 9.17) is 15.0 Å². The SMILES string of the molecule is C=C(F)C1CC(n2ccc(N)nc2=O)OC1COP(=O)(OC)OP(=O)(OC)OP(=O)(O)OC. The average Bonchev–Trinajstić information content (AvgIpc) is 3.16. The van der Waals surface area contributed by atoms with Crippen LogP contribution in [0.4, 0.5) is 10.2 Å². The Morgan fingerprint density at radius 2 is 1.91 bits per heavy atom. The van der Waals surface area contributed by atoms with Crippen molar-refractivity contribution in [2.75, 3.05) is 33.7 Å². The third-order valence-corrected chi connectivity index (χ3v) is 9.32. The lowest BCUT2D eigenvalue weighted by molar-refractivity contribution is -0.0316. The van der Waals surface area contributed by atoms with Crippen LogP contribution < -0.4 is 11.4 Å². The van der Waals surface area contributed by atoms with Crippen LogP contribution in [0.25, 0.3) is 0 Å². The van der Waals surface area contributed by atoms with Gasteiger partial charge in [-0.3, -0.25) is 22.7 Å². The number of halogens is 1. The van der Waals surface area contributed by atoms with Crippen molar-refractivity contribution >= 4 is 29.3 Å². The zero-order valence-electron chi connectivity index (χ0n) is 17.6. The summed E-state index contributed by atoms with van der Waals surface area (Å²) < 4.78 is 84.4. The van der Waals surface area contributed by atoms with Crippen molar-refractivity contribution in [3.8, 4) is 0 Å². The molecule has 33 heavy (non-hydrogen) atoms. The third-order valence-electron chi connectivity index (χ3n) is 4.28. The maximum Gasteiger partial charge on any atom is 0.492 e. The van der Waals surface area contributed by atoms with Crippen LogP contribution in [0.1, 0.15) is 12.6 Å². The van der Waals surface area contributed by atoms with Gasteiger partial charge in [0.15, 0.2) is 0 Å². The summed E-state index contributed by atoms with van der Waals surface area (Å²) in [6, 6.07) is 1.34. The van der Waals surface area contributed by atoms with Gasteiger partial charge in [-0.15, -0.1) is 0 Å². The first-order valence-electron chi connectivity index (χ1n) is 8.88. The highest BCUT2D eigenvalue weighted by Crippen LogP contribution is 2.71. The Hall–Kier alpha value is -1.28. The van der Waals surface area contributed by atoms with Crippen molar-refractivity contribution in [1.29, 1.82) is 0 Å². The molecule has 6 unspecified atom stereocenters. The van der Waals surface area contributed by atoms with Crippen LogP contribution >= 0.6 is 23.5 Å². The molecule has 3 N–H and O–H groups in total. The predicted molar refractivity (Wildman–Crippen MR) is 109 cm³/mol. The minimum atomic E-state index is -4.99. The van der Waals surface area contributed by atoms with E-state index in [0.717, 1.165) is 25.9 Å². The van der Waals surface area contributed by atoms with Crippen LogP contribution in [0.2, 0.25) is 0 Å². The Morgan fingerprint density at radius 1 is 1.27 bits per heavy atom. The van der Waals surface area contributed by atoms with Gasteiger partial charge >= 0.3 is 29.2 Å². The molecular formula is C14H23FN3O12P3. The second-order valence-electron chi connectivity index (χ2n) is 6.33. The van der Waals surface area contributed by atoms with E-state index < -0.39 is 59.8 Å². The molecule has 0 amide bonds. The van der Waals surface area contributed by atoms with E-state index in [9.17, 15) is 27.8 Å². The minimum absolute atomic E-state index is 0.0237. The van der Waals surface area contributed by atoms with E-state index >= 15 is 0 Å². The van der Waals surface area contributed by atoms with Crippen LogP contribution in [-0.2, 0) is 45.1 Å². The number of phosphoric ester groups is 2. The molecule has 0 aromatic carbocycles. The van der Waals surface area contributed by atoms with Crippen molar-refractivity contribution in [2.45, 2.75) is 18.8 Å². The van der Waals surface area contributed by atoms with Gasteiger partial charge in [0.25, 0.3) is 0 Å². The molecule has 1 aromatic heterocycles. The van der Waals surface area contributed by atoms with Gasteiger partial charge in [0.2, 0.25) is 0 Å². The van der Waals surface area contributed by atoms with Crippen molar-refractivity contribution in [3.05, 3.63) is 35.2 Å². The zero-order valence-corrected chi connectivity index (χ0v) is 20.3. The van der Waals surface area contributed by atoms with Gasteiger partial charge in [0.05, 0.1) is 18.5 Å². The Bertz CT molecular complexity index is 1070. The molecule has 1 saturated heterocycles. The van der Waals surface area contributed by atoms with Gasteiger partial charge < -0.3 is 15.4 Å². The standard InChI is InChI=1S/C14H23FN3O12P3/c1-9(15)10-7-13(18-6-5-12(16)17-14(18)19)28-11(10)8-27-32(22,25-3)30-33(23,26-4)29-31(20,21)24-2/h5-6,10-11,13H,1,7-8H2,2-4H3,(H,20,21)(H2,16,17,19). The number of nitrogens with two attached hydrogens (primary N) is 1. The highest BCUT2D eigenvalue weighted by Gasteiger charge is 2.46. The van der Waals surface area contributed by atoms with Crippen LogP contribution in [0.15, 0.2) is 29.5 Å². The summed E-state index contributed by atoms with van der Waals surface area (Å²) in [5.41, 5.74) is 4.70. The molecule has 2 rings (SSSR count). The molecule has 15 nitrogen and oxygen atoms in total. The molecule has 1 aliphatic heterocycles. The zero-order chi connectivity index (χ0) is 25.0. The number of phosphoric acid groups is 3. The van der Waals surface area contributed by atoms with Gasteiger partial charge in [-0.25, -0.2) is 22.9 Å². The van der Waals surface area contributed by atoms with E-state index in [2.05, 4.69) is 33.8 Å². The Balaban J connectivity index is 2.17. The molecule has 1 aliphatic rings. The van der Waals surface area contributed by atoms with Crippen molar-refractivity contribution in [3.63, 3.8) is 0 Å². The molecule has 2 heterocycles. The first-order valence-corrected chi connectivity index (χ1v) is 13.3. The number of nitrogen functional groups attached to an aromatic ring is 1. The van der Waals surface area contributed by atoms with Crippen molar-refractivity contribution in [1.82, 2.24) is 9.55 Å². The minimum Gasteiger partial charge on any atom is -0.383 e. The van der Waals surface area contributed by atoms with E-state index in [0.29, 0.717) is 0 Å². The highest BCUT2D eigenvalue weighted by molar-refractivity contribution is 7.67. The second-order valence-corrected chi connectivity index (χ2v) is 11.7. The van der Waals surface area contributed by atoms with Gasteiger partial charge in [0.1, 0.15) is 12.0 Å². The second kappa shape index (κ2) is 11.0. The summed E-state index contributed by atoms with van der Waals surface area (Å²) in [7, 11) is -12.3. The monoisotopic (exact) mass is 537 g/mol. The normalized spacial score (nSPS) is 26.3. The lowest BCUT2D eigenvalue weighted by Crippen LogP contribution is -2.28. The maximum absolute atomic E-state index is 14.0. The number of aromatic nitrogens is 2. The van der Waals surface area contributed by atoms with Crippen LogP contribution in [0, 0.1) is 5.92 Å². The van der Waals surface area contributed by atoms with E-state index in [-0.39, 0.29) is 12.2 Å². The summed E-state index contributed by atoms with van der Waals surface area (Å²) in [5, 5.41) is 0. The lowest BCUT2D eigenvalue weighted by Gasteiger charge is -2.23. The molecule has 19 heteroatoms. The molecule has 0 spiro atoms. The van der Waals surface area contributed by atoms with E-state index in [1.165, 1.54) is 12.3 Å². The molecule has 1 aromatic rings. The third kappa shape index (κ3) is 7.35. The van der Waals surface area contributed by atoms with Gasteiger partial charge in [-0.2, -0.15) is 13.6 Å². The topological polar surface area (TPSA) is 197 Å². The van der Waals surface area contributed by atoms with Crippen molar-refractivity contribution in [2.24, 2.45) is 5.92 Å². The van der Waals surface area contributed by atoms with E-state index in [1.54, 1.807) is 0 Å². The summed E-state index contributed by atoms with van der Waals surface area (Å²) in [5.74, 6) is -1.85. The molecule has 0 radical (unpaired) electrons. The molecule has 1 fully saturated rings. The molecule has 6 atom stereocenters. The van der Waals surface area contributed by atoms with Gasteiger partial charge in [0, 0.05) is 39.9 Å². The Labute approximate surface area is 187 Å². The molecule has 0 bridgehead atoms. The predicted octanol–water partition coefficient (Wildman–Crippen LogP) is 2.52. The number of hydrogen-bond acceptors (Lipinski definition) is 13. The molecule has 0 aliphatic carbocycles. The van der Waals surface area contributed by atoms with Crippen molar-refractivity contribution < 1.29 is 54.4 Å². The Kier molecular flexibility index (Phi) is 9.30. The number of hydrogen-bond donors (Lipinski definition) is 2. The van der Waals surface area contributed by atoms with Gasteiger partial charge in [-0.05, 0) is 6.07 Å². The van der Waals surface area contributed by atoms with Crippen LogP contribution in [0.5, 0.6) is 0 Å². The molecule has 188 valence electrons. The summed E-state index contributed by atoms with van der Waals surface area (Å²) in [6.07, 6.45) is -0.909. The van der Waals surface area contributed by atoms with Crippen LogP contribution in [-0.4, -0.2) is 48.5 Å². The Morgan fingerprint density at radius 3 is 2.42 bits per heavy atom. The van der Waals surface area contributed by atoms with Gasteiger partial charge in [-0.1, -0.05) is 6.58 Å². The maximum atomic E-state index is 14.0. The van der Waals surface area contributed by atoms with E-state index in [1.807, 2.05) is 0 Å². The summed E-state index contributed by atoms with van der Waals surface area (Å²) >= 11 is 0. The average molecular weight is 537 g/mol. The number of anilines is 1. The smallest absolute Gasteiger partial charge is 0.383 e. The number of rotatable bonds is 12. The lowest BCUT2D eigenvalue weighted by atomic mass is 10.0. The highest BCUT2D eigenvalue weighted by atomic mass is 31.3. The fourth-order valence-electron chi connectivity index (χ4n) is 2.67. The fourth-order valence-corrected chi connectivity index (χ4v) is 6.74. The summed E-state index contributed by atoms with van der Waals surface area (Å²) in [4.78, 5) is 24.9. The first kappa shape index (κ1) is 28.0.